The van der Waals surface area contributed by atoms with Crippen LogP contribution < -0.4 is 11.1 Å². The largest absolute Gasteiger partial charge is 0.477 e. The minimum Gasteiger partial charge on any atom is -0.477 e. The fraction of sp³-hybridized carbons (Fsp3) is 0.267. The van der Waals surface area contributed by atoms with Crippen LogP contribution in [0.5, 0.6) is 0 Å². The van der Waals surface area contributed by atoms with Crippen LogP contribution >= 0.6 is 23.1 Å². The van der Waals surface area contributed by atoms with E-state index in [1.165, 1.54) is 23.2 Å². The van der Waals surface area contributed by atoms with Crippen molar-refractivity contribution in [3.05, 3.63) is 34.8 Å². The van der Waals surface area contributed by atoms with E-state index in [2.05, 4.69) is 20.3 Å². The Kier molecular flexibility index (Phi) is 6.31. The van der Waals surface area contributed by atoms with E-state index in [-0.39, 0.29) is 16.5 Å². The summed E-state index contributed by atoms with van der Waals surface area (Å²) in [5.41, 5.74) is 4.73. The number of thioether (sulfide) groups is 1. The first-order valence-electron chi connectivity index (χ1n) is 8.00. The Hall–Kier alpha value is -3.07. The van der Waals surface area contributed by atoms with Gasteiger partial charge in [0.25, 0.3) is 11.8 Å². The lowest BCUT2D eigenvalue weighted by Gasteiger charge is -2.48. The number of carboxylic acids is 1. The SMILES string of the molecule is Nc1nc(/C(=N\OCC(F)=C(F)F)C(=O)NC2C(=O)N3C(C(=O)O)=CCSC23)cs1. The van der Waals surface area contributed by atoms with Crippen molar-refractivity contribution in [2.24, 2.45) is 5.16 Å². The summed E-state index contributed by atoms with van der Waals surface area (Å²) in [6.45, 7) is -1.22. The molecule has 0 radical (unpaired) electrons. The zero-order valence-corrected chi connectivity index (χ0v) is 16.3. The van der Waals surface area contributed by atoms with Crippen molar-refractivity contribution in [3.8, 4) is 0 Å². The summed E-state index contributed by atoms with van der Waals surface area (Å²) >= 11 is 2.18. The van der Waals surface area contributed by atoms with E-state index in [1.54, 1.807) is 0 Å². The van der Waals surface area contributed by atoms with Gasteiger partial charge in [0.15, 0.2) is 17.5 Å². The van der Waals surface area contributed by atoms with Crippen LogP contribution in [0.25, 0.3) is 0 Å². The lowest BCUT2D eigenvalue weighted by molar-refractivity contribution is -0.150. The number of nitrogens with zero attached hydrogens (tertiary/aromatic N) is 3. The molecular formula is C15H12F3N5O5S2. The van der Waals surface area contributed by atoms with Crippen molar-refractivity contribution in [1.82, 2.24) is 15.2 Å². The molecule has 4 N–H and O–H groups in total. The highest BCUT2D eigenvalue weighted by atomic mass is 32.2. The number of amides is 2. The van der Waals surface area contributed by atoms with Gasteiger partial charge in [0.2, 0.25) is 5.83 Å². The first-order valence-corrected chi connectivity index (χ1v) is 9.93. The Bertz CT molecular complexity index is 991. The third-order valence-corrected chi connectivity index (χ3v) is 5.74. The molecule has 0 spiro atoms. The molecule has 2 atom stereocenters. The fourth-order valence-electron chi connectivity index (χ4n) is 2.56. The van der Waals surface area contributed by atoms with E-state index < -0.39 is 53.4 Å². The van der Waals surface area contributed by atoms with Crippen LogP contribution in [0, 0.1) is 0 Å². The van der Waals surface area contributed by atoms with Crippen LogP contribution in [-0.4, -0.2) is 62.3 Å². The molecule has 1 aromatic rings. The Morgan fingerprint density at radius 1 is 1.43 bits per heavy atom. The summed E-state index contributed by atoms with van der Waals surface area (Å²) in [4.78, 5) is 45.6. The van der Waals surface area contributed by atoms with Gasteiger partial charge in [0, 0.05) is 11.1 Å². The molecule has 1 fully saturated rings. The Labute approximate surface area is 174 Å². The van der Waals surface area contributed by atoms with E-state index in [9.17, 15) is 27.6 Å². The van der Waals surface area contributed by atoms with Gasteiger partial charge in [-0.3, -0.25) is 14.5 Å². The fourth-order valence-corrected chi connectivity index (χ4v) is 4.30. The topological polar surface area (TPSA) is 147 Å². The monoisotopic (exact) mass is 463 g/mol. The number of hydrogen-bond acceptors (Lipinski definition) is 9. The van der Waals surface area contributed by atoms with Gasteiger partial charge in [-0.15, -0.1) is 23.1 Å². The molecule has 1 aromatic heterocycles. The summed E-state index contributed by atoms with van der Waals surface area (Å²) in [5.74, 6) is -4.44. The van der Waals surface area contributed by atoms with Crippen molar-refractivity contribution in [1.29, 1.82) is 0 Å². The second-order valence-electron chi connectivity index (χ2n) is 5.73. The number of fused-ring (bicyclic) bond motifs is 1. The molecule has 30 heavy (non-hydrogen) atoms. The number of nitrogens with two attached hydrogens (primary N) is 1. The number of anilines is 1. The van der Waals surface area contributed by atoms with Crippen molar-refractivity contribution in [2.45, 2.75) is 11.4 Å². The maximum atomic E-state index is 12.9. The molecule has 0 aromatic carbocycles. The molecule has 3 heterocycles. The van der Waals surface area contributed by atoms with Crippen LogP contribution in [0.1, 0.15) is 5.69 Å². The molecule has 15 heteroatoms. The normalized spacial score (nSPS) is 20.6. The van der Waals surface area contributed by atoms with Crippen molar-refractivity contribution < 1.29 is 37.5 Å². The van der Waals surface area contributed by atoms with Gasteiger partial charge in [0.05, 0.1) is 0 Å². The molecule has 2 aliphatic rings. The first-order chi connectivity index (χ1) is 14.2. The van der Waals surface area contributed by atoms with Gasteiger partial charge >= 0.3 is 12.0 Å². The number of thiazole rings is 1. The van der Waals surface area contributed by atoms with Crippen LogP contribution in [0.15, 0.2) is 34.2 Å². The smallest absolute Gasteiger partial charge is 0.352 e. The highest BCUT2D eigenvalue weighted by Crippen LogP contribution is 2.37. The number of carbonyl (C=O) groups is 3. The average Bonchev–Trinajstić information content (AvgIpc) is 3.13. The molecular weight excluding hydrogens is 451 g/mol. The van der Waals surface area contributed by atoms with Crippen molar-refractivity contribution in [3.63, 3.8) is 0 Å². The zero-order valence-electron chi connectivity index (χ0n) is 14.7. The Morgan fingerprint density at radius 2 is 2.17 bits per heavy atom. The molecule has 10 nitrogen and oxygen atoms in total. The highest BCUT2D eigenvalue weighted by Gasteiger charge is 2.53. The van der Waals surface area contributed by atoms with Gasteiger partial charge in [-0.25, -0.2) is 14.2 Å². The van der Waals surface area contributed by atoms with Crippen molar-refractivity contribution in [2.75, 3.05) is 18.1 Å². The van der Waals surface area contributed by atoms with Crippen LogP contribution in [-0.2, 0) is 19.2 Å². The molecule has 0 bridgehead atoms. The third-order valence-electron chi connectivity index (χ3n) is 3.88. The minimum absolute atomic E-state index is 0.0661. The number of oxime groups is 1. The summed E-state index contributed by atoms with van der Waals surface area (Å²) in [6, 6.07) is -1.06. The highest BCUT2D eigenvalue weighted by molar-refractivity contribution is 8.00. The number of aromatic nitrogens is 1. The predicted octanol–water partition coefficient (Wildman–Crippen LogP) is 0.892. The maximum absolute atomic E-state index is 12.9. The van der Waals surface area contributed by atoms with Gasteiger partial charge in [0.1, 0.15) is 22.8 Å². The quantitative estimate of drug-likeness (QED) is 0.307. The van der Waals surface area contributed by atoms with Gasteiger partial charge < -0.3 is 21.0 Å². The number of nitrogens with one attached hydrogen (secondary N) is 1. The average molecular weight is 463 g/mol. The predicted molar refractivity (Wildman–Crippen MR) is 100 cm³/mol. The van der Waals surface area contributed by atoms with Crippen molar-refractivity contribution >= 4 is 51.7 Å². The van der Waals surface area contributed by atoms with E-state index in [0.717, 1.165) is 16.2 Å². The molecule has 0 saturated carbocycles. The minimum atomic E-state index is -2.59. The van der Waals surface area contributed by atoms with E-state index >= 15 is 0 Å². The summed E-state index contributed by atoms with van der Waals surface area (Å²) in [5, 5.41) is 15.7. The summed E-state index contributed by atoms with van der Waals surface area (Å²) < 4.78 is 37.2. The van der Waals surface area contributed by atoms with E-state index in [1.807, 2.05) is 0 Å². The van der Waals surface area contributed by atoms with Gasteiger partial charge in [-0.2, -0.15) is 8.78 Å². The molecule has 0 aliphatic carbocycles. The number of halogens is 3. The number of β-lactam (4-membered cyclic amide) rings is 1. The Balaban J connectivity index is 1.76. The lowest BCUT2D eigenvalue weighted by atomic mass is 10.0. The number of carbonyl (C=O) groups excluding carboxylic acids is 2. The molecule has 2 unspecified atom stereocenters. The maximum Gasteiger partial charge on any atom is 0.352 e. The van der Waals surface area contributed by atoms with Crippen LogP contribution in [0.3, 0.4) is 0 Å². The molecule has 2 amide bonds. The molecule has 2 aliphatic heterocycles. The second-order valence-corrected chi connectivity index (χ2v) is 7.77. The van der Waals surface area contributed by atoms with E-state index in [4.69, 9.17) is 10.8 Å². The standard InChI is InChI=1S/C15H12F3N5O5S2/c16-5(10(17)18)3-28-22-8(6-4-30-15(19)20-6)11(24)21-9-12(25)23-7(14(26)27)1-2-29-13(9)23/h1,4,9,13H,2-3H2,(H2,19,20)(H,21,24)(H,26,27)/b22-8+. The number of carboxylic acid groups (broad SMARTS) is 1. The first kappa shape index (κ1) is 21.6. The molecule has 1 saturated heterocycles. The number of aliphatic carboxylic acids is 1. The Morgan fingerprint density at radius 3 is 2.77 bits per heavy atom. The number of hydrogen-bond donors (Lipinski definition) is 3. The number of rotatable bonds is 7. The van der Waals surface area contributed by atoms with Crippen LogP contribution in [0.4, 0.5) is 18.3 Å². The zero-order chi connectivity index (χ0) is 22.0. The molecule has 3 rings (SSSR count). The summed E-state index contributed by atoms with van der Waals surface area (Å²) in [6.07, 6.45) is -1.21. The number of nitrogen functional groups attached to an aromatic ring is 1. The summed E-state index contributed by atoms with van der Waals surface area (Å²) in [7, 11) is 0. The van der Waals surface area contributed by atoms with Gasteiger partial charge in [-0.1, -0.05) is 5.16 Å². The third kappa shape index (κ3) is 4.25. The van der Waals surface area contributed by atoms with Gasteiger partial charge in [-0.05, 0) is 6.08 Å². The molecule has 160 valence electrons. The second kappa shape index (κ2) is 8.74. The lowest BCUT2D eigenvalue weighted by Crippen LogP contribution is -2.70. The van der Waals surface area contributed by atoms with E-state index in [0.29, 0.717) is 5.75 Å². The van der Waals surface area contributed by atoms with Crippen LogP contribution in [0.2, 0.25) is 0 Å².